The third kappa shape index (κ3) is 2.78. The van der Waals surface area contributed by atoms with E-state index in [-0.39, 0.29) is 11.8 Å². The second-order valence-electron chi connectivity index (χ2n) is 4.19. The summed E-state index contributed by atoms with van der Waals surface area (Å²) in [5.74, 6) is -0.0756. The fraction of sp³-hybridized carbons (Fsp3) is 0.417. The van der Waals surface area contributed by atoms with Crippen molar-refractivity contribution < 1.29 is 18.0 Å². The van der Waals surface area contributed by atoms with Gasteiger partial charge in [-0.05, 0) is 37.1 Å². The van der Waals surface area contributed by atoms with Gasteiger partial charge in [-0.3, -0.25) is 4.79 Å². The number of carbonyl (C=O) groups excluding carboxylic acids is 1. The molecule has 0 spiro atoms. The molecule has 1 amide bonds. The van der Waals surface area contributed by atoms with Crippen LogP contribution in [0.1, 0.15) is 24.8 Å². The highest BCUT2D eigenvalue weighted by Gasteiger charge is 2.30. The molecule has 0 unspecified atom stereocenters. The third-order valence-corrected chi connectivity index (χ3v) is 2.96. The Hall–Kier alpha value is -1.52. The molecule has 1 N–H and O–H groups in total. The number of nitrogens with one attached hydrogen (secondary N) is 1. The molecule has 2 rings (SSSR count). The van der Waals surface area contributed by atoms with E-state index in [4.69, 9.17) is 0 Å². The van der Waals surface area contributed by atoms with Gasteiger partial charge in [0, 0.05) is 11.6 Å². The molecule has 0 aliphatic heterocycles. The summed E-state index contributed by atoms with van der Waals surface area (Å²) in [4.78, 5) is 11.5. The molecule has 1 aliphatic rings. The summed E-state index contributed by atoms with van der Waals surface area (Å²) < 4.78 is 36.9. The predicted molar refractivity (Wildman–Crippen MR) is 57.4 cm³/mol. The van der Waals surface area contributed by atoms with E-state index in [2.05, 4.69) is 5.32 Å². The van der Waals surface area contributed by atoms with Crippen molar-refractivity contribution in [1.82, 2.24) is 0 Å². The van der Waals surface area contributed by atoms with Crippen LogP contribution in [0.25, 0.3) is 0 Å². The van der Waals surface area contributed by atoms with Crippen molar-refractivity contribution >= 4 is 11.6 Å². The van der Waals surface area contributed by atoms with E-state index in [1.807, 2.05) is 0 Å². The molecule has 0 bridgehead atoms. The summed E-state index contributed by atoms with van der Waals surface area (Å²) in [5.41, 5.74) is -0.297. The molecule has 1 fully saturated rings. The molecule has 1 aliphatic carbocycles. The third-order valence-electron chi connectivity index (χ3n) is 2.96. The highest BCUT2D eigenvalue weighted by atomic mass is 19.4. The van der Waals surface area contributed by atoms with Gasteiger partial charge < -0.3 is 5.32 Å². The molecule has 0 heterocycles. The van der Waals surface area contributed by atoms with Crippen molar-refractivity contribution in [2.75, 3.05) is 5.32 Å². The zero-order chi connectivity index (χ0) is 12.5. The SMILES string of the molecule is O=C(Nc1ccc(C(F)(F)F)cc1)C1CCC1. The van der Waals surface area contributed by atoms with Crippen LogP contribution in [0, 0.1) is 5.92 Å². The van der Waals surface area contributed by atoms with E-state index in [0.717, 1.165) is 31.4 Å². The van der Waals surface area contributed by atoms with Crippen molar-refractivity contribution in [2.45, 2.75) is 25.4 Å². The number of hydrogen-bond donors (Lipinski definition) is 1. The minimum Gasteiger partial charge on any atom is -0.326 e. The highest BCUT2D eigenvalue weighted by molar-refractivity contribution is 5.92. The summed E-state index contributed by atoms with van der Waals surface area (Å²) in [7, 11) is 0. The molecule has 0 saturated heterocycles. The van der Waals surface area contributed by atoms with Crippen molar-refractivity contribution in [2.24, 2.45) is 5.92 Å². The van der Waals surface area contributed by atoms with Gasteiger partial charge in [0.05, 0.1) is 5.56 Å². The Morgan fingerprint density at radius 2 is 1.76 bits per heavy atom. The molecule has 1 aromatic rings. The predicted octanol–water partition coefficient (Wildman–Crippen LogP) is 3.44. The zero-order valence-corrected chi connectivity index (χ0v) is 9.05. The van der Waals surface area contributed by atoms with Gasteiger partial charge in [-0.25, -0.2) is 0 Å². The monoisotopic (exact) mass is 243 g/mol. The smallest absolute Gasteiger partial charge is 0.326 e. The molecular formula is C12H12F3NO. The van der Waals surface area contributed by atoms with Crippen LogP contribution >= 0.6 is 0 Å². The fourth-order valence-electron chi connectivity index (χ4n) is 1.66. The highest BCUT2D eigenvalue weighted by Crippen LogP contribution is 2.31. The van der Waals surface area contributed by atoms with Gasteiger partial charge in [0.25, 0.3) is 0 Å². The maximum absolute atomic E-state index is 12.3. The summed E-state index contributed by atoms with van der Waals surface area (Å²) >= 11 is 0. The lowest BCUT2D eigenvalue weighted by molar-refractivity contribution is -0.137. The van der Waals surface area contributed by atoms with E-state index >= 15 is 0 Å². The van der Waals surface area contributed by atoms with Crippen LogP contribution in [-0.2, 0) is 11.0 Å². The van der Waals surface area contributed by atoms with E-state index < -0.39 is 11.7 Å². The quantitative estimate of drug-likeness (QED) is 0.846. The first-order valence-electron chi connectivity index (χ1n) is 5.45. The van der Waals surface area contributed by atoms with Crippen molar-refractivity contribution in [1.29, 1.82) is 0 Å². The first-order valence-corrected chi connectivity index (χ1v) is 5.45. The van der Waals surface area contributed by atoms with Gasteiger partial charge in [0.1, 0.15) is 0 Å². The van der Waals surface area contributed by atoms with E-state index in [1.54, 1.807) is 0 Å². The largest absolute Gasteiger partial charge is 0.416 e. The molecule has 5 heteroatoms. The van der Waals surface area contributed by atoms with Gasteiger partial charge in [0.15, 0.2) is 0 Å². The maximum atomic E-state index is 12.3. The number of hydrogen-bond acceptors (Lipinski definition) is 1. The summed E-state index contributed by atoms with van der Waals surface area (Å²) in [6.07, 6.45) is -1.56. The molecular weight excluding hydrogens is 231 g/mol. The van der Waals surface area contributed by atoms with E-state index in [1.165, 1.54) is 12.1 Å². The Labute approximate surface area is 96.8 Å². The van der Waals surface area contributed by atoms with Gasteiger partial charge in [-0.15, -0.1) is 0 Å². The number of amides is 1. The van der Waals surface area contributed by atoms with Gasteiger partial charge >= 0.3 is 6.18 Å². The number of halogens is 3. The normalized spacial score (nSPS) is 16.4. The Morgan fingerprint density at radius 1 is 1.18 bits per heavy atom. The minimum atomic E-state index is -4.34. The number of carbonyl (C=O) groups is 1. The zero-order valence-electron chi connectivity index (χ0n) is 9.05. The summed E-state index contributed by atoms with van der Waals surface area (Å²) in [6, 6.07) is 4.49. The van der Waals surface area contributed by atoms with Crippen LogP contribution in [0.3, 0.4) is 0 Å². The summed E-state index contributed by atoms with van der Waals surface area (Å²) in [5, 5.41) is 2.62. The van der Waals surface area contributed by atoms with E-state index in [9.17, 15) is 18.0 Å². The molecule has 1 aromatic carbocycles. The molecule has 17 heavy (non-hydrogen) atoms. The van der Waals surface area contributed by atoms with Crippen molar-refractivity contribution in [3.05, 3.63) is 29.8 Å². The van der Waals surface area contributed by atoms with Gasteiger partial charge in [0.2, 0.25) is 5.91 Å². The Kier molecular flexibility index (Phi) is 3.09. The maximum Gasteiger partial charge on any atom is 0.416 e. The van der Waals surface area contributed by atoms with Crippen molar-refractivity contribution in [3.63, 3.8) is 0 Å². The van der Waals surface area contributed by atoms with Crippen LogP contribution in [0.4, 0.5) is 18.9 Å². The lowest BCUT2D eigenvalue weighted by atomic mass is 9.85. The van der Waals surface area contributed by atoms with Crippen LogP contribution in [0.5, 0.6) is 0 Å². The standard InChI is InChI=1S/C12H12F3NO/c13-12(14,15)9-4-6-10(7-5-9)16-11(17)8-2-1-3-8/h4-8H,1-3H2,(H,16,17). The first-order chi connectivity index (χ1) is 7.97. The number of alkyl halides is 3. The fourth-order valence-corrected chi connectivity index (χ4v) is 1.66. The Balaban J connectivity index is 2.00. The van der Waals surface area contributed by atoms with Crippen molar-refractivity contribution in [3.8, 4) is 0 Å². The van der Waals surface area contributed by atoms with E-state index in [0.29, 0.717) is 5.69 Å². The Bertz CT molecular complexity index is 407. The number of anilines is 1. The van der Waals surface area contributed by atoms with Gasteiger partial charge in [-0.2, -0.15) is 13.2 Å². The second kappa shape index (κ2) is 4.39. The molecule has 2 nitrogen and oxygen atoms in total. The van der Waals surface area contributed by atoms with Crippen LogP contribution in [0.15, 0.2) is 24.3 Å². The molecule has 0 atom stereocenters. The number of benzene rings is 1. The van der Waals surface area contributed by atoms with Gasteiger partial charge in [-0.1, -0.05) is 6.42 Å². The summed E-state index contributed by atoms with van der Waals surface area (Å²) in [6.45, 7) is 0. The molecule has 0 radical (unpaired) electrons. The Morgan fingerprint density at radius 3 is 2.18 bits per heavy atom. The van der Waals surface area contributed by atoms with Crippen LogP contribution < -0.4 is 5.32 Å². The second-order valence-corrected chi connectivity index (χ2v) is 4.19. The topological polar surface area (TPSA) is 29.1 Å². The number of rotatable bonds is 2. The lowest BCUT2D eigenvalue weighted by Gasteiger charge is -2.24. The molecule has 92 valence electrons. The molecule has 1 saturated carbocycles. The average Bonchev–Trinajstić information content (AvgIpc) is 2.13. The minimum absolute atomic E-state index is 0.0253. The first kappa shape index (κ1) is 12.0. The lowest BCUT2D eigenvalue weighted by Crippen LogP contribution is -2.28. The van der Waals surface area contributed by atoms with Crippen LogP contribution in [0.2, 0.25) is 0 Å². The average molecular weight is 243 g/mol. The molecule has 0 aromatic heterocycles. The van der Waals surface area contributed by atoms with Crippen LogP contribution in [-0.4, -0.2) is 5.91 Å².